The summed E-state index contributed by atoms with van der Waals surface area (Å²) < 4.78 is 4.69. The van der Waals surface area contributed by atoms with E-state index in [0.29, 0.717) is 17.1 Å². The fraction of sp³-hybridized carbons (Fsp3) is 0.379. The standard InChI is InChI=1S/C29H31IN6O/c1-18-6-4-8-23(9-5-7-18)32-29(37)27-19(2)36(24-12-13-26-22(14-24)17-35(3)34-26)28(33-27)20-10-11-21(16-31)25(30)15-20/h10-15,17-18,23H,4-9H2,1-3H3,(H,32,37). The van der Waals surface area contributed by atoms with Gasteiger partial charge in [0.2, 0.25) is 0 Å². The lowest BCUT2D eigenvalue weighted by atomic mass is 9.90. The van der Waals surface area contributed by atoms with Gasteiger partial charge < -0.3 is 5.32 Å². The number of carbonyl (C=O) groups excluding carboxylic acids is 1. The number of nitriles is 1. The maximum atomic E-state index is 13.6. The summed E-state index contributed by atoms with van der Waals surface area (Å²) >= 11 is 2.18. The topological polar surface area (TPSA) is 88.5 Å². The van der Waals surface area contributed by atoms with Crippen LogP contribution >= 0.6 is 22.6 Å². The molecule has 7 nitrogen and oxygen atoms in total. The molecule has 1 saturated carbocycles. The molecule has 0 unspecified atom stereocenters. The van der Waals surface area contributed by atoms with Crippen molar-refractivity contribution in [3.05, 3.63) is 63.1 Å². The molecule has 8 heteroatoms. The van der Waals surface area contributed by atoms with Gasteiger partial charge in [0.1, 0.15) is 17.6 Å². The first-order valence-corrected chi connectivity index (χ1v) is 14.0. The Morgan fingerprint density at radius 3 is 2.59 bits per heavy atom. The quantitative estimate of drug-likeness (QED) is 0.276. The largest absolute Gasteiger partial charge is 0.348 e. The molecule has 1 amide bonds. The molecule has 0 bridgehead atoms. The van der Waals surface area contributed by atoms with E-state index in [1.54, 1.807) is 4.68 Å². The van der Waals surface area contributed by atoms with E-state index in [1.807, 2.05) is 55.1 Å². The number of fused-ring (bicyclic) bond motifs is 1. The number of nitrogens with zero attached hydrogens (tertiary/aromatic N) is 5. The van der Waals surface area contributed by atoms with E-state index in [2.05, 4.69) is 52.1 Å². The number of imidazole rings is 1. The van der Waals surface area contributed by atoms with Gasteiger partial charge in [0.25, 0.3) is 5.91 Å². The molecule has 0 aliphatic heterocycles. The van der Waals surface area contributed by atoms with Gasteiger partial charge in [-0.2, -0.15) is 10.4 Å². The van der Waals surface area contributed by atoms with Crippen LogP contribution in [0.4, 0.5) is 0 Å². The van der Waals surface area contributed by atoms with Crippen molar-refractivity contribution in [2.24, 2.45) is 13.0 Å². The molecule has 2 aromatic heterocycles. The number of aromatic nitrogens is 4. The fourth-order valence-electron chi connectivity index (χ4n) is 5.36. The van der Waals surface area contributed by atoms with Gasteiger partial charge in [0, 0.05) is 39.5 Å². The molecular formula is C29H31IN6O. The molecule has 37 heavy (non-hydrogen) atoms. The zero-order chi connectivity index (χ0) is 26.1. The Labute approximate surface area is 231 Å². The van der Waals surface area contributed by atoms with E-state index in [0.717, 1.165) is 63.0 Å². The number of hydrogen-bond acceptors (Lipinski definition) is 4. The lowest BCUT2D eigenvalue weighted by molar-refractivity contribution is 0.0924. The van der Waals surface area contributed by atoms with Gasteiger partial charge >= 0.3 is 0 Å². The molecule has 190 valence electrons. The highest BCUT2D eigenvalue weighted by molar-refractivity contribution is 14.1. The summed E-state index contributed by atoms with van der Waals surface area (Å²) in [6.45, 7) is 4.27. The average molecular weight is 607 g/mol. The van der Waals surface area contributed by atoms with Crippen LogP contribution in [0.1, 0.15) is 67.2 Å². The molecule has 0 spiro atoms. The van der Waals surface area contributed by atoms with E-state index in [-0.39, 0.29) is 11.9 Å². The SMILES string of the molecule is Cc1c(C(=O)NC2CCCC(C)CCC2)nc(-c2ccc(C#N)c(I)c2)n1-c1ccc2nn(C)cc2c1. The van der Waals surface area contributed by atoms with Gasteiger partial charge in [-0.3, -0.25) is 14.0 Å². The van der Waals surface area contributed by atoms with E-state index < -0.39 is 0 Å². The molecule has 4 aromatic rings. The monoisotopic (exact) mass is 606 g/mol. The van der Waals surface area contributed by atoms with Crippen LogP contribution in [0, 0.1) is 27.7 Å². The molecular weight excluding hydrogens is 575 g/mol. The number of hydrogen-bond donors (Lipinski definition) is 1. The number of amides is 1. The van der Waals surface area contributed by atoms with Crippen molar-refractivity contribution >= 4 is 39.4 Å². The summed E-state index contributed by atoms with van der Waals surface area (Å²) in [6.07, 6.45) is 8.72. The Morgan fingerprint density at radius 1 is 1.14 bits per heavy atom. The van der Waals surface area contributed by atoms with Gasteiger partial charge in [0.05, 0.1) is 16.8 Å². The molecule has 1 N–H and O–H groups in total. The van der Waals surface area contributed by atoms with E-state index in [1.165, 1.54) is 12.8 Å². The fourth-order valence-corrected chi connectivity index (χ4v) is 5.99. The maximum absolute atomic E-state index is 13.6. The Hall–Kier alpha value is -3.19. The van der Waals surface area contributed by atoms with Crippen molar-refractivity contribution in [3.63, 3.8) is 0 Å². The summed E-state index contributed by atoms with van der Waals surface area (Å²) in [4.78, 5) is 18.5. The van der Waals surface area contributed by atoms with E-state index in [4.69, 9.17) is 4.98 Å². The Balaban J connectivity index is 1.56. The number of carbonyl (C=O) groups is 1. The second-order valence-electron chi connectivity index (χ2n) is 10.2. The number of halogens is 1. The van der Waals surface area contributed by atoms with Gasteiger partial charge in [-0.25, -0.2) is 4.98 Å². The maximum Gasteiger partial charge on any atom is 0.272 e. The van der Waals surface area contributed by atoms with Crippen LogP contribution in [0.3, 0.4) is 0 Å². The zero-order valence-corrected chi connectivity index (χ0v) is 23.6. The average Bonchev–Trinajstić information content (AvgIpc) is 3.40. The number of rotatable bonds is 4. The molecule has 0 atom stereocenters. The summed E-state index contributed by atoms with van der Waals surface area (Å²) in [7, 11) is 1.91. The highest BCUT2D eigenvalue weighted by Gasteiger charge is 2.25. The van der Waals surface area contributed by atoms with Crippen LogP contribution in [0.25, 0.3) is 28.0 Å². The molecule has 1 fully saturated rings. The van der Waals surface area contributed by atoms with Crippen LogP contribution < -0.4 is 5.32 Å². The van der Waals surface area contributed by atoms with Crippen molar-refractivity contribution in [2.75, 3.05) is 0 Å². The van der Waals surface area contributed by atoms with Crippen LogP contribution in [0.2, 0.25) is 0 Å². The van der Waals surface area contributed by atoms with Crippen LogP contribution in [-0.4, -0.2) is 31.3 Å². The lowest BCUT2D eigenvalue weighted by Crippen LogP contribution is -2.36. The highest BCUT2D eigenvalue weighted by atomic mass is 127. The van der Waals surface area contributed by atoms with Gasteiger partial charge in [0.15, 0.2) is 0 Å². The third-order valence-electron chi connectivity index (χ3n) is 7.37. The number of aryl methyl sites for hydroxylation is 1. The Kier molecular flexibility index (Phi) is 7.33. The van der Waals surface area contributed by atoms with Gasteiger partial charge in [-0.05, 0) is 84.7 Å². The highest BCUT2D eigenvalue weighted by Crippen LogP contribution is 2.30. The predicted molar refractivity (Wildman–Crippen MR) is 154 cm³/mol. The van der Waals surface area contributed by atoms with Crippen LogP contribution in [0.5, 0.6) is 0 Å². The molecule has 0 saturated heterocycles. The minimum absolute atomic E-state index is 0.123. The zero-order valence-electron chi connectivity index (χ0n) is 21.5. The van der Waals surface area contributed by atoms with Crippen molar-refractivity contribution in [3.8, 4) is 23.1 Å². The molecule has 2 heterocycles. The number of benzene rings is 2. The lowest BCUT2D eigenvalue weighted by Gasteiger charge is -2.23. The molecule has 1 aliphatic rings. The first kappa shape index (κ1) is 25.5. The second-order valence-corrected chi connectivity index (χ2v) is 11.4. The normalized spacial score (nSPS) is 18.2. The van der Waals surface area contributed by atoms with Gasteiger partial charge in [-0.15, -0.1) is 0 Å². The van der Waals surface area contributed by atoms with Crippen LogP contribution in [0.15, 0.2) is 42.6 Å². The van der Waals surface area contributed by atoms with Crippen molar-refractivity contribution in [1.29, 1.82) is 5.26 Å². The molecule has 5 rings (SSSR count). The third-order valence-corrected chi connectivity index (χ3v) is 8.26. The Morgan fingerprint density at radius 2 is 1.89 bits per heavy atom. The third kappa shape index (κ3) is 5.28. The van der Waals surface area contributed by atoms with Crippen molar-refractivity contribution in [1.82, 2.24) is 24.6 Å². The van der Waals surface area contributed by atoms with Crippen molar-refractivity contribution in [2.45, 2.75) is 58.4 Å². The van der Waals surface area contributed by atoms with Crippen molar-refractivity contribution < 1.29 is 4.79 Å². The minimum Gasteiger partial charge on any atom is -0.348 e. The number of nitrogens with one attached hydrogen (secondary N) is 1. The minimum atomic E-state index is -0.123. The van der Waals surface area contributed by atoms with E-state index in [9.17, 15) is 10.1 Å². The summed E-state index contributed by atoms with van der Waals surface area (Å²) in [5.41, 5.74) is 4.53. The predicted octanol–water partition coefficient (Wildman–Crippen LogP) is 6.30. The first-order valence-electron chi connectivity index (χ1n) is 12.9. The first-order chi connectivity index (χ1) is 17.8. The molecule has 1 aliphatic carbocycles. The molecule has 2 aromatic carbocycles. The van der Waals surface area contributed by atoms with Crippen LogP contribution in [-0.2, 0) is 7.05 Å². The summed E-state index contributed by atoms with van der Waals surface area (Å²) in [5, 5.41) is 18.2. The smallest absolute Gasteiger partial charge is 0.272 e. The summed E-state index contributed by atoms with van der Waals surface area (Å²) in [5.74, 6) is 1.33. The molecule has 0 radical (unpaired) electrons. The summed E-state index contributed by atoms with van der Waals surface area (Å²) in [6, 6.07) is 14.2. The Bertz CT molecular complexity index is 1500. The van der Waals surface area contributed by atoms with E-state index >= 15 is 0 Å². The second kappa shape index (κ2) is 10.7. The van der Waals surface area contributed by atoms with Gasteiger partial charge in [-0.1, -0.05) is 32.6 Å².